The first kappa shape index (κ1) is 20.8. The molecule has 2 aromatic rings. The normalized spacial score (nSPS) is 19.8. The Bertz CT molecular complexity index is 994. The number of anilines is 1. The van der Waals surface area contributed by atoms with Crippen molar-refractivity contribution in [3.05, 3.63) is 46.8 Å². The lowest BCUT2D eigenvalue weighted by Crippen LogP contribution is -2.47. The molecular weight excluding hydrogens is 408 g/mol. The van der Waals surface area contributed by atoms with Crippen LogP contribution in [0.1, 0.15) is 18.9 Å². The second-order valence-electron chi connectivity index (χ2n) is 7.82. The van der Waals surface area contributed by atoms with Crippen molar-refractivity contribution in [2.45, 2.75) is 23.8 Å². The lowest BCUT2D eigenvalue weighted by Gasteiger charge is -2.34. The Balaban J connectivity index is 1.55. The number of nitro benzene ring substituents is 1. The van der Waals surface area contributed by atoms with Crippen LogP contribution >= 0.6 is 0 Å². The topological polar surface area (TPSA) is 105 Å². The molecule has 0 N–H and O–H groups in total. The number of piperazine rings is 1. The van der Waals surface area contributed by atoms with Gasteiger partial charge in [0.2, 0.25) is 10.0 Å². The van der Waals surface area contributed by atoms with Crippen molar-refractivity contribution in [1.29, 1.82) is 0 Å². The molecule has 30 heavy (non-hydrogen) atoms. The number of benzene rings is 1. The molecule has 162 valence electrons. The van der Waals surface area contributed by atoms with Gasteiger partial charge in [-0.2, -0.15) is 9.40 Å². The van der Waals surface area contributed by atoms with Gasteiger partial charge in [0.05, 0.1) is 15.9 Å². The number of likely N-dealkylation sites (N-methyl/N-ethyl adjacent to an activating group) is 1. The first-order chi connectivity index (χ1) is 14.4. The van der Waals surface area contributed by atoms with Crippen molar-refractivity contribution in [1.82, 2.24) is 19.0 Å². The van der Waals surface area contributed by atoms with Gasteiger partial charge in [-0.25, -0.2) is 8.42 Å². The second-order valence-corrected chi connectivity index (χ2v) is 9.76. The summed E-state index contributed by atoms with van der Waals surface area (Å²) in [5.74, 6) is 0. The second kappa shape index (κ2) is 8.32. The maximum absolute atomic E-state index is 13.0. The maximum atomic E-state index is 13.0. The number of nitrogens with zero attached hydrogens (tertiary/aromatic N) is 6. The quantitative estimate of drug-likeness (QED) is 0.520. The van der Waals surface area contributed by atoms with Crippen LogP contribution in [-0.2, 0) is 10.0 Å². The zero-order valence-electron chi connectivity index (χ0n) is 16.9. The third kappa shape index (κ3) is 4.05. The van der Waals surface area contributed by atoms with E-state index in [9.17, 15) is 18.5 Å². The van der Waals surface area contributed by atoms with Gasteiger partial charge in [-0.15, -0.1) is 0 Å². The van der Waals surface area contributed by atoms with E-state index in [1.807, 2.05) is 28.9 Å². The number of rotatable bonds is 5. The summed E-state index contributed by atoms with van der Waals surface area (Å²) < 4.78 is 29.3. The van der Waals surface area contributed by atoms with Crippen LogP contribution in [0.5, 0.6) is 0 Å². The molecule has 0 aliphatic carbocycles. The fourth-order valence-electron chi connectivity index (χ4n) is 4.12. The molecule has 2 aliphatic rings. The summed E-state index contributed by atoms with van der Waals surface area (Å²) in [6.45, 7) is 3.35. The first-order valence-electron chi connectivity index (χ1n) is 10.1. The predicted octanol–water partition coefficient (Wildman–Crippen LogP) is 1.57. The van der Waals surface area contributed by atoms with Crippen molar-refractivity contribution >= 4 is 21.4 Å². The van der Waals surface area contributed by atoms with Crippen LogP contribution in [0.3, 0.4) is 0 Å². The predicted molar refractivity (Wildman–Crippen MR) is 112 cm³/mol. The number of sulfonamides is 1. The van der Waals surface area contributed by atoms with E-state index in [1.54, 1.807) is 12.3 Å². The fourth-order valence-corrected chi connectivity index (χ4v) is 5.57. The van der Waals surface area contributed by atoms with Gasteiger partial charge in [-0.1, -0.05) is 0 Å². The van der Waals surface area contributed by atoms with Crippen molar-refractivity contribution < 1.29 is 13.3 Å². The van der Waals surface area contributed by atoms with Crippen molar-refractivity contribution in [2.75, 3.05) is 51.2 Å². The fraction of sp³-hybridized carbons (Fsp3) is 0.526. The van der Waals surface area contributed by atoms with Gasteiger partial charge in [0.25, 0.3) is 5.69 Å². The highest BCUT2D eigenvalue weighted by Crippen LogP contribution is 2.35. The van der Waals surface area contributed by atoms with Gasteiger partial charge in [0.1, 0.15) is 5.69 Å². The Hall–Kier alpha value is -2.50. The molecule has 0 amide bonds. The number of aromatic nitrogens is 2. The van der Waals surface area contributed by atoms with E-state index in [1.165, 1.54) is 16.4 Å². The molecule has 4 rings (SSSR count). The molecule has 0 spiro atoms. The summed E-state index contributed by atoms with van der Waals surface area (Å²) in [7, 11) is -1.81. The lowest BCUT2D eigenvalue weighted by atomic mass is 10.0. The minimum atomic E-state index is -3.76. The van der Waals surface area contributed by atoms with Crippen molar-refractivity contribution in [3.8, 4) is 0 Å². The van der Waals surface area contributed by atoms with Gasteiger partial charge in [-0.05, 0) is 38.1 Å². The van der Waals surface area contributed by atoms with Crippen LogP contribution in [0, 0.1) is 10.1 Å². The number of hydrogen-bond donors (Lipinski definition) is 0. The van der Waals surface area contributed by atoms with Crippen LogP contribution in [0.2, 0.25) is 0 Å². The summed E-state index contributed by atoms with van der Waals surface area (Å²) in [6.07, 6.45) is 5.32. The van der Waals surface area contributed by atoms with E-state index in [-0.39, 0.29) is 16.6 Å². The van der Waals surface area contributed by atoms with E-state index >= 15 is 0 Å². The molecule has 0 radical (unpaired) electrons. The minimum absolute atomic E-state index is 0.0195. The molecule has 0 atom stereocenters. The van der Waals surface area contributed by atoms with Gasteiger partial charge in [-0.3, -0.25) is 14.8 Å². The summed E-state index contributed by atoms with van der Waals surface area (Å²) in [5.41, 5.74) is 0.305. The standard InChI is InChI=1S/C19H26N6O4S/c1-21-11-13-23(14-12-21)30(28,29)17-3-4-18(19(15-17)25(26)27)22-9-5-16(6-10-22)24-8-2-7-20-24/h2-4,7-8,15-16H,5-6,9-14H2,1H3. The summed E-state index contributed by atoms with van der Waals surface area (Å²) in [6, 6.07) is 6.44. The molecule has 10 nitrogen and oxygen atoms in total. The van der Waals surface area contributed by atoms with E-state index in [2.05, 4.69) is 10.00 Å². The molecule has 11 heteroatoms. The zero-order chi connectivity index (χ0) is 21.3. The summed E-state index contributed by atoms with van der Waals surface area (Å²) in [5, 5.41) is 16.1. The SMILES string of the molecule is CN1CCN(S(=O)(=O)c2ccc(N3CCC(n4cccn4)CC3)c([N+](=O)[O-])c2)CC1. The molecule has 1 aromatic heterocycles. The Labute approximate surface area is 175 Å². The Morgan fingerprint density at radius 2 is 1.80 bits per heavy atom. The maximum Gasteiger partial charge on any atom is 0.293 e. The Morgan fingerprint density at radius 3 is 2.40 bits per heavy atom. The van der Waals surface area contributed by atoms with Gasteiger partial charge in [0.15, 0.2) is 0 Å². The van der Waals surface area contributed by atoms with Crippen LogP contribution < -0.4 is 4.90 Å². The van der Waals surface area contributed by atoms with Gasteiger partial charge in [0, 0.05) is 57.7 Å². The Morgan fingerprint density at radius 1 is 1.10 bits per heavy atom. The first-order valence-corrected chi connectivity index (χ1v) is 11.5. The van der Waals surface area contributed by atoms with Crippen LogP contribution in [-0.4, -0.2) is 78.6 Å². The molecule has 0 saturated carbocycles. The monoisotopic (exact) mass is 434 g/mol. The average molecular weight is 435 g/mol. The van der Waals surface area contributed by atoms with Gasteiger partial charge < -0.3 is 9.80 Å². The average Bonchev–Trinajstić information content (AvgIpc) is 3.28. The minimum Gasteiger partial charge on any atom is -0.366 e. The highest BCUT2D eigenvalue weighted by Gasteiger charge is 2.31. The number of hydrogen-bond acceptors (Lipinski definition) is 7. The van der Waals surface area contributed by atoms with E-state index in [4.69, 9.17) is 0 Å². The van der Waals surface area contributed by atoms with Crippen LogP contribution in [0.25, 0.3) is 0 Å². The summed E-state index contributed by atoms with van der Waals surface area (Å²) >= 11 is 0. The molecule has 0 bridgehead atoms. The Kier molecular flexibility index (Phi) is 5.76. The zero-order valence-corrected chi connectivity index (χ0v) is 17.7. The molecular formula is C19H26N6O4S. The van der Waals surface area contributed by atoms with Crippen molar-refractivity contribution in [3.63, 3.8) is 0 Å². The largest absolute Gasteiger partial charge is 0.366 e. The highest BCUT2D eigenvalue weighted by atomic mass is 32.2. The number of piperidine rings is 1. The lowest BCUT2D eigenvalue weighted by molar-refractivity contribution is -0.384. The molecule has 1 aromatic carbocycles. The molecule has 0 unspecified atom stereocenters. The van der Waals surface area contributed by atoms with E-state index in [0.717, 1.165) is 12.8 Å². The van der Waals surface area contributed by atoms with E-state index in [0.29, 0.717) is 45.0 Å². The number of nitro groups is 1. The highest BCUT2D eigenvalue weighted by molar-refractivity contribution is 7.89. The van der Waals surface area contributed by atoms with Crippen molar-refractivity contribution in [2.24, 2.45) is 0 Å². The molecule has 3 heterocycles. The third-order valence-electron chi connectivity index (χ3n) is 5.95. The van der Waals surface area contributed by atoms with E-state index < -0.39 is 14.9 Å². The smallest absolute Gasteiger partial charge is 0.293 e. The molecule has 2 fully saturated rings. The van der Waals surface area contributed by atoms with Gasteiger partial charge >= 0.3 is 0 Å². The summed E-state index contributed by atoms with van der Waals surface area (Å²) in [4.78, 5) is 15.3. The third-order valence-corrected chi connectivity index (χ3v) is 7.84. The molecule has 2 saturated heterocycles. The van der Waals surface area contributed by atoms with Crippen LogP contribution in [0.4, 0.5) is 11.4 Å². The molecule has 2 aliphatic heterocycles. The van der Waals surface area contributed by atoms with Crippen LogP contribution in [0.15, 0.2) is 41.6 Å².